The van der Waals surface area contributed by atoms with E-state index in [1.54, 1.807) is 24.3 Å². The Hall–Kier alpha value is -2.17. The number of alkyl halides is 3. The molecule has 1 amide bonds. The zero-order chi connectivity index (χ0) is 20.5. The van der Waals surface area contributed by atoms with Gasteiger partial charge in [0, 0.05) is 23.7 Å². The molecule has 1 N–H and O–H groups in total. The van der Waals surface area contributed by atoms with Gasteiger partial charge in [-0.3, -0.25) is 4.79 Å². The van der Waals surface area contributed by atoms with Crippen LogP contribution < -0.4 is 5.32 Å². The molecule has 0 saturated heterocycles. The molecule has 0 aliphatic carbocycles. The molecule has 0 fully saturated rings. The Morgan fingerprint density at radius 1 is 1.32 bits per heavy atom. The summed E-state index contributed by atoms with van der Waals surface area (Å²) in [6.07, 6.45) is -4.73. The van der Waals surface area contributed by atoms with Crippen molar-refractivity contribution in [1.82, 2.24) is 19.9 Å². The zero-order valence-corrected chi connectivity index (χ0v) is 16.7. The van der Waals surface area contributed by atoms with Crippen LogP contribution in [0.1, 0.15) is 16.2 Å². The summed E-state index contributed by atoms with van der Waals surface area (Å²) in [6.45, 7) is 0.389. The molecule has 0 aliphatic rings. The molecule has 0 aliphatic heterocycles. The van der Waals surface area contributed by atoms with Gasteiger partial charge in [0.1, 0.15) is 5.02 Å². The fourth-order valence-corrected chi connectivity index (χ4v) is 2.97. The first-order valence-corrected chi connectivity index (χ1v) is 9.09. The number of hydrogen-bond acceptors (Lipinski definition) is 4. The van der Waals surface area contributed by atoms with Gasteiger partial charge in [-0.2, -0.15) is 18.3 Å². The van der Waals surface area contributed by atoms with Crippen molar-refractivity contribution in [2.75, 3.05) is 20.3 Å². The SMILES string of the molecule is COCCNC(=O)c1nn2c(C(F)(F)F)cc(-c3ccc(Br)cc3)nc2c1Cl. The van der Waals surface area contributed by atoms with E-state index in [-0.39, 0.29) is 35.2 Å². The van der Waals surface area contributed by atoms with Gasteiger partial charge in [-0.25, -0.2) is 9.50 Å². The summed E-state index contributed by atoms with van der Waals surface area (Å²) in [5, 5.41) is 5.96. The minimum Gasteiger partial charge on any atom is -0.383 e. The fourth-order valence-electron chi connectivity index (χ4n) is 2.46. The van der Waals surface area contributed by atoms with Gasteiger partial charge in [0.05, 0.1) is 12.3 Å². The lowest BCUT2D eigenvalue weighted by molar-refractivity contribution is -0.142. The van der Waals surface area contributed by atoms with E-state index in [0.717, 1.165) is 10.5 Å². The highest BCUT2D eigenvalue weighted by atomic mass is 79.9. The standard InChI is InChI=1S/C17H13BrClF3N4O2/c1-28-7-6-23-16(27)14-13(19)15-24-11(9-2-4-10(18)5-3-9)8-12(17(20,21)22)26(15)25-14/h2-5,8H,6-7H2,1H3,(H,23,27). The molecule has 3 rings (SSSR count). The highest BCUT2D eigenvalue weighted by Gasteiger charge is 2.36. The van der Waals surface area contributed by atoms with E-state index < -0.39 is 17.8 Å². The first-order chi connectivity index (χ1) is 13.2. The second-order valence-electron chi connectivity index (χ2n) is 5.68. The molecular formula is C17H13BrClF3N4O2. The number of methoxy groups -OCH3 is 1. The molecular weight excluding hydrogens is 465 g/mol. The topological polar surface area (TPSA) is 68.5 Å². The molecule has 0 atom stereocenters. The summed E-state index contributed by atoms with van der Waals surface area (Å²) in [4.78, 5) is 16.4. The highest BCUT2D eigenvalue weighted by molar-refractivity contribution is 9.10. The summed E-state index contributed by atoms with van der Waals surface area (Å²) in [6, 6.07) is 7.46. The van der Waals surface area contributed by atoms with E-state index in [9.17, 15) is 18.0 Å². The van der Waals surface area contributed by atoms with E-state index in [1.165, 1.54) is 7.11 Å². The lowest BCUT2D eigenvalue weighted by atomic mass is 10.1. The van der Waals surface area contributed by atoms with Crippen LogP contribution in [-0.4, -0.2) is 40.8 Å². The third-order valence-corrected chi connectivity index (χ3v) is 4.65. The maximum Gasteiger partial charge on any atom is 0.433 e. The molecule has 0 spiro atoms. The molecule has 148 valence electrons. The van der Waals surface area contributed by atoms with E-state index in [4.69, 9.17) is 16.3 Å². The number of nitrogens with one attached hydrogen (secondary N) is 1. The van der Waals surface area contributed by atoms with Gasteiger partial charge in [0.2, 0.25) is 0 Å². The van der Waals surface area contributed by atoms with Gasteiger partial charge in [-0.1, -0.05) is 39.7 Å². The Balaban J connectivity index is 2.15. The minimum absolute atomic E-state index is 0.0560. The third kappa shape index (κ3) is 4.13. The van der Waals surface area contributed by atoms with Crippen LogP contribution in [-0.2, 0) is 10.9 Å². The Labute approximate surface area is 170 Å². The van der Waals surface area contributed by atoms with E-state index >= 15 is 0 Å². The van der Waals surface area contributed by atoms with Crippen molar-refractivity contribution in [3.05, 3.63) is 51.2 Å². The van der Waals surface area contributed by atoms with Gasteiger partial charge >= 0.3 is 6.18 Å². The lowest BCUT2D eigenvalue weighted by Gasteiger charge is -2.11. The predicted octanol–water partition coefficient (Wildman–Crippen LogP) is 4.21. The Morgan fingerprint density at radius 2 is 2.00 bits per heavy atom. The number of rotatable bonds is 5. The number of nitrogens with zero attached hydrogens (tertiary/aromatic N) is 3. The normalized spacial score (nSPS) is 11.8. The Bertz CT molecular complexity index is 1020. The van der Waals surface area contributed by atoms with Crippen LogP contribution in [0.2, 0.25) is 5.02 Å². The minimum atomic E-state index is -4.73. The van der Waals surface area contributed by atoms with Crippen LogP contribution in [0.4, 0.5) is 13.2 Å². The summed E-state index contributed by atoms with van der Waals surface area (Å²) in [5.41, 5.74) is -1.18. The van der Waals surface area contributed by atoms with Gasteiger partial charge in [0.25, 0.3) is 5.91 Å². The van der Waals surface area contributed by atoms with Crippen LogP contribution >= 0.6 is 27.5 Å². The average Bonchev–Trinajstić information content (AvgIpc) is 2.98. The molecule has 28 heavy (non-hydrogen) atoms. The molecule has 2 heterocycles. The largest absolute Gasteiger partial charge is 0.433 e. The maximum absolute atomic E-state index is 13.6. The first-order valence-electron chi connectivity index (χ1n) is 7.92. The van der Waals surface area contributed by atoms with Crippen LogP contribution in [0.3, 0.4) is 0 Å². The second-order valence-corrected chi connectivity index (χ2v) is 6.97. The summed E-state index contributed by atoms with van der Waals surface area (Å²) in [5.74, 6) is -0.717. The number of hydrogen-bond donors (Lipinski definition) is 1. The van der Waals surface area contributed by atoms with Crippen LogP contribution in [0.15, 0.2) is 34.8 Å². The van der Waals surface area contributed by atoms with Crippen molar-refractivity contribution in [2.24, 2.45) is 0 Å². The van der Waals surface area contributed by atoms with Crippen molar-refractivity contribution in [3.63, 3.8) is 0 Å². The number of aromatic nitrogens is 3. The number of fused-ring (bicyclic) bond motifs is 1. The van der Waals surface area contributed by atoms with Gasteiger partial charge in [-0.15, -0.1) is 0 Å². The first kappa shape index (κ1) is 20.6. The molecule has 0 bridgehead atoms. The van der Waals surface area contributed by atoms with Crippen molar-refractivity contribution in [3.8, 4) is 11.3 Å². The number of carbonyl (C=O) groups excluding carboxylic acids is 1. The van der Waals surface area contributed by atoms with Crippen LogP contribution in [0, 0.1) is 0 Å². The van der Waals surface area contributed by atoms with Crippen LogP contribution in [0.25, 0.3) is 16.9 Å². The molecule has 0 radical (unpaired) electrons. The van der Waals surface area contributed by atoms with Crippen molar-refractivity contribution in [2.45, 2.75) is 6.18 Å². The smallest absolute Gasteiger partial charge is 0.383 e. The molecule has 0 unspecified atom stereocenters. The monoisotopic (exact) mass is 476 g/mol. The molecule has 11 heteroatoms. The van der Waals surface area contributed by atoms with Gasteiger partial charge in [-0.05, 0) is 18.2 Å². The summed E-state index contributed by atoms with van der Waals surface area (Å²) < 4.78 is 47.0. The zero-order valence-electron chi connectivity index (χ0n) is 14.3. The molecule has 6 nitrogen and oxygen atoms in total. The van der Waals surface area contributed by atoms with Crippen LogP contribution in [0.5, 0.6) is 0 Å². The Kier molecular flexibility index (Phi) is 5.92. The molecule has 0 saturated carbocycles. The third-order valence-electron chi connectivity index (χ3n) is 3.77. The maximum atomic E-state index is 13.6. The average molecular weight is 478 g/mol. The number of halogens is 5. The second kappa shape index (κ2) is 8.06. The summed E-state index contributed by atoms with van der Waals surface area (Å²) >= 11 is 9.43. The number of carbonyl (C=O) groups is 1. The highest BCUT2D eigenvalue weighted by Crippen LogP contribution is 2.34. The van der Waals surface area contributed by atoms with Crippen molar-refractivity contribution in [1.29, 1.82) is 0 Å². The quantitative estimate of drug-likeness (QED) is 0.559. The molecule has 3 aromatic rings. The van der Waals surface area contributed by atoms with E-state index in [1.807, 2.05) is 0 Å². The fraction of sp³-hybridized carbons (Fsp3) is 0.235. The van der Waals surface area contributed by atoms with Crippen molar-refractivity contribution < 1.29 is 22.7 Å². The number of amides is 1. The van der Waals surface area contributed by atoms with E-state index in [2.05, 4.69) is 31.3 Å². The Morgan fingerprint density at radius 3 is 2.61 bits per heavy atom. The lowest BCUT2D eigenvalue weighted by Crippen LogP contribution is -2.27. The summed E-state index contributed by atoms with van der Waals surface area (Å²) in [7, 11) is 1.45. The van der Waals surface area contributed by atoms with E-state index in [0.29, 0.717) is 10.1 Å². The van der Waals surface area contributed by atoms with Gasteiger partial charge < -0.3 is 10.1 Å². The van der Waals surface area contributed by atoms with Gasteiger partial charge in [0.15, 0.2) is 17.0 Å². The number of ether oxygens (including phenoxy) is 1. The van der Waals surface area contributed by atoms with Crippen molar-refractivity contribution >= 4 is 39.1 Å². The number of benzene rings is 1. The predicted molar refractivity (Wildman–Crippen MR) is 100 cm³/mol. The molecule has 2 aromatic heterocycles. The molecule has 1 aromatic carbocycles.